The molecule has 2 radical (unpaired) electrons. The number of nitro benzene ring substituents is 1. The molecule has 0 bridgehead atoms. The number of nitrogens with one attached hydrogen (secondary N) is 1. The number of carbonyl (C=O) groups excluding carboxylic acids is 2. The Kier molecular flexibility index (Phi) is 7.36. The van der Waals surface area contributed by atoms with Crippen LogP contribution in [0.25, 0.3) is 0 Å². The number of ether oxygens (including phenoxy) is 2. The minimum absolute atomic E-state index is 0.144. The third-order valence-electron chi connectivity index (χ3n) is 5.37. The molecule has 34 heavy (non-hydrogen) atoms. The Bertz CT molecular complexity index is 1190. The first-order valence-corrected chi connectivity index (χ1v) is 11.6. The maximum Gasteiger partial charge on any atom is 0.336 e. The third-order valence-corrected chi connectivity index (χ3v) is 6.69. The Morgan fingerprint density at radius 1 is 1.00 bits per heavy atom. The average Bonchev–Trinajstić information content (AvgIpc) is 2.78. The lowest BCUT2D eigenvalue weighted by molar-refractivity contribution is -0.384. The second-order valence-electron chi connectivity index (χ2n) is 8.37. The summed E-state index contributed by atoms with van der Waals surface area (Å²) in [4.78, 5) is 37.2. The molecule has 1 heterocycles. The van der Waals surface area contributed by atoms with Crippen molar-refractivity contribution in [3.8, 4) is 0 Å². The smallest absolute Gasteiger partial charge is 0.336 e. The number of esters is 2. The van der Waals surface area contributed by atoms with E-state index < -0.39 is 28.0 Å². The summed E-state index contributed by atoms with van der Waals surface area (Å²) in [7, 11) is 1.44. The standard InChI is InChI=1S/C25H26N2O6Si/c1-15-20(23(28)32-5)22(17-10-9-11-18(14-17)27(30)31)21(16(2)26-15)24(29)33-25(3,4)34-19-12-7-6-8-13-19/h6-14,22,26H,1-5H3. The molecular formula is C25H26N2O6Si. The molecule has 1 aliphatic heterocycles. The Labute approximate surface area is 200 Å². The highest BCUT2D eigenvalue weighted by atomic mass is 28.2. The maximum absolute atomic E-state index is 13.6. The van der Waals surface area contributed by atoms with Gasteiger partial charge in [-0.15, -0.1) is 0 Å². The number of methoxy groups -OCH3 is 1. The van der Waals surface area contributed by atoms with Crippen LogP contribution in [-0.2, 0) is 19.1 Å². The molecule has 0 saturated heterocycles. The number of benzene rings is 2. The summed E-state index contributed by atoms with van der Waals surface area (Å²) in [5.41, 5.74) is 1.69. The van der Waals surface area contributed by atoms with Crippen LogP contribution in [0.3, 0.4) is 0 Å². The number of allylic oxidation sites excluding steroid dienone is 2. The first kappa shape index (κ1) is 24.9. The molecule has 1 N–H and O–H groups in total. The lowest BCUT2D eigenvalue weighted by Crippen LogP contribution is -2.43. The average molecular weight is 479 g/mol. The Balaban J connectivity index is 2.05. The molecule has 0 spiro atoms. The molecule has 3 rings (SSSR count). The van der Waals surface area contributed by atoms with Crippen molar-refractivity contribution in [1.29, 1.82) is 0 Å². The summed E-state index contributed by atoms with van der Waals surface area (Å²) in [6.45, 7) is 7.06. The van der Waals surface area contributed by atoms with Gasteiger partial charge >= 0.3 is 11.9 Å². The number of hydrogen-bond acceptors (Lipinski definition) is 7. The second kappa shape index (κ2) is 10.0. The molecule has 1 aliphatic rings. The second-order valence-corrected chi connectivity index (χ2v) is 10.4. The summed E-state index contributed by atoms with van der Waals surface area (Å²) in [5.74, 6) is -2.13. The minimum atomic E-state index is -0.892. The summed E-state index contributed by atoms with van der Waals surface area (Å²) in [6, 6.07) is 15.6. The first-order chi connectivity index (χ1) is 16.0. The van der Waals surface area contributed by atoms with Crippen LogP contribution in [0.15, 0.2) is 77.1 Å². The molecule has 8 nitrogen and oxygen atoms in total. The molecule has 0 fully saturated rings. The lowest BCUT2D eigenvalue weighted by atomic mass is 9.80. The molecule has 2 aromatic rings. The van der Waals surface area contributed by atoms with E-state index in [0.717, 1.165) is 5.19 Å². The van der Waals surface area contributed by atoms with Crippen molar-refractivity contribution in [3.63, 3.8) is 0 Å². The molecular weight excluding hydrogens is 452 g/mol. The van der Waals surface area contributed by atoms with Crippen LogP contribution in [0, 0.1) is 10.1 Å². The van der Waals surface area contributed by atoms with Crippen molar-refractivity contribution in [2.75, 3.05) is 7.11 Å². The molecule has 1 atom stereocenters. The normalized spacial score (nSPS) is 16.1. The van der Waals surface area contributed by atoms with E-state index >= 15 is 0 Å². The van der Waals surface area contributed by atoms with Gasteiger partial charge in [-0.1, -0.05) is 47.7 Å². The van der Waals surface area contributed by atoms with Crippen LogP contribution in [0.4, 0.5) is 5.69 Å². The van der Waals surface area contributed by atoms with E-state index in [9.17, 15) is 19.7 Å². The monoisotopic (exact) mass is 478 g/mol. The molecule has 2 aromatic carbocycles. The first-order valence-electron chi connectivity index (χ1n) is 10.6. The molecule has 9 heteroatoms. The zero-order chi connectivity index (χ0) is 25.0. The summed E-state index contributed by atoms with van der Waals surface area (Å²) >= 11 is 0. The van der Waals surface area contributed by atoms with Crippen molar-refractivity contribution in [2.45, 2.75) is 38.8 Å². The Morgan fingerprint density at radius 2 is 1.62 bits per heavy atom. The van der Waals surface area contributed by atoms with Crippen molar-refractivity contribution in [3.05, 3.63) is 92.8 Å². The van der Waals surface area contributed by atoms with E-state index in [4.69, 9.17) is 9.47 Å². The van der Waals surface area contributed by atoms with Gasteiger partial charge < -0.3 is 14.8 Å². The Morgan fingerprint density at radius 3 is 2.21 bits per heavy atom. The van der Waals surface area contributed by atoms with E-state index in [1.54, 1.807) is 19.9 Å². The number of carbonyl (C=O) groups is 2. The highest BCUT2D eigenvalue weighted by Crippen LogP contribution is 2.40. The van der Waals surface area contributed by atoms with Crippen LogP contribution < -0.4 is 10.5 Å². The molecule has 0 amide bonds. The number of nitro groups is 1. The van der Waals surface area contributed by atoms with Gasteiger partial charge in [0.2, 0.25) is 0 Å². The van der Waals surface area contributed by atoms with E-state index in [1.165, 1.54) is 25.3 Å². The summed E-state index contributed by atoms with van der Waals surface area (Å²) in [6.07, 6.45) is 0. The van der Waals surface area contributed by atoms with Crippen LogP contribution >= 0.6 is 0 Å². The fourth-order valence-corrected chi connectivity index (χ4v) is 5.18. The quantitative estimate of drug-likeness (QED) is 0.281. The van der Waals surface area contributed by atoms with Gasteiger partial charge in [-0.3, -0.25) is 10.1 Å². The van der Waals surface area contributed by atoms with Crippen molar-refractivity contribution in [1.82, 2.24) is 5.32 Å². The van der Waals surface area contributed by atoms with Gasteiger partial charge in [-0.25, -0.2) is 9.59 Å². The van der Waals surface area contributed by atoms with Gasteiger partial charge in [0.05, 0.1) is 34.3 Å². The number of rotatable bonds is 7. The van der Waals surface area contributed by atoms with E-state index in [0.29, 0.717) is 17.0 Å². The summed E-state index contributed by atoms with van der Waals surface area (Å²) < 4.78 is 10.9. The topological polar surface area (TPSA) is 108 Å². The fourth-order valence-electron chi connectivity index (χ4n) is 3.98. The van der Waals surface area contributed by atoms with Crippen LogP contribution in [-0.4, -0.2) is 38.7 Å². The molecule has 1 unspecified atom stereocenters. The Hall–Kier alpha value is -3.72. The highest BCUT2D eigenvalue weighted by molar-refractivity contribution is 6.56. The van der Waals surface area contributed by atoms with E-state index in [-0.39, 0.29) is 26.4 Å². The van der Waals surface area contributed by atoms with Gasteiger partial charge in [0.1, 0.15) is 9.52 Å². The van der Waals surface area contributed by atoms with E-state index in [1.807, 2.05) is 44.2 Å². The molecule has 176 valence electrons. The zero-order valence-corrected chi connectivity index (χ0v) is 20.7. The van der Waals surface area contributed by atoms with E-state index in [2.05, 4.69) is 5.32 Å². The van der Waals surface area contributed by atoms with Crippen molar-refractivity contribution < 1.29 is 24.0 Å². The largest absolute Gasteiger partial charge is 0.466 e. The highest BCUT2D eigenvalue weighted by Gasteiger charge is 2.40. The van der Waals surface area contributed by atoms with Gasteiger partial charge in [0.25, 0.3) is 5.69 Å². The van der Waals surface area contributed by atoms with Gasteiger partial charge in [0, 0.05) is 23.5 Å². The van der Waals surface area contributed by atoms with Crippen LogP contribution in [0.5, 0.6) is 0 Å². The number of dihydropyridines is 1. The third kappa shape index (κ3) is 5.42. The zero-order valence-electron chi connectivity index (χ0n) is 19.7. The van der Waals surface area contributed by atoms with Crippen molar-refractivity contribution >= 4 is 32.3 Å². The van der Waals surface area contributed by atoms with Gasteiger partial charge in [-0.05, 0) is 33.3 Å². The number of nitrogens with zero attached hydrogens (tertiary/aromatic N) is 1. The summed E-state index contributed by atoms with van der Waals surface area (Å²) in [5, 5.41) is 14.7. The minimum Gasteiger partial charge on any atom is -0.466 e. The number of non-ortho nitro benzene ring substituents is 1. The molecule has 0 aromatic heterocycles. The maximum atomic E-state index is 13.6. The van der Waals surface area contributed by atoms with Crippen molar-refractivity contribution in [2.24, 2.45) is 0 Å². The lowest BCUT2D eigenvalue weighted by Gasteiger charge is -2.32. The number of hydrogen-bond donors (Lipinski definition) is 1. The van der Waals surface area contributed by atoms with Gasteiger partial charge in [0.15, 0.2) is 0 Å². The van der Waals surface area contributed by atoms with Crippen LogP contribution in [0.2, 0.25) is 0 Å². The molecule has 0 saturated carbocycles. The van der Waals surface area contributed by atoms with Gasteiger partial charge in [-0.2, -0.15) is 0 Å². The predicted octanol–water partition coefficient (Wildman–Crippen LogP) is 3.31. The van der Waals surface area contributed by atoms with Crippen LogP contribution in [0.1, 0.15) is 39.2 Å². The predicted molar refractivity (Wildman–Crippen MR) is 128 cm³/mol. The molecule has 0 aliphatic carbocycles. The fraction of sp³-hybridized carbons (Fsp3) is 0.280. The SMILES string of the molecule is COC(=O)C1=C(C)NC(C)=C(C(=O)OC(C)(C)[Si]c2ccccc2)C1c1cccc([N+](=O)[O-])c1.